The van der Waals surface area contributed by atoms with Crippen LogP contribution in [0.4, 0.5) is 0 Å². The minimum absolute atomic E-state index is 0. The molecule has 7 heavy (non-hydrogen) atoms. The fourth-order valence-electron chi connectivity index (χ4n) is 0. The summed E-state index contributed by atoms with van der Waals surface area (Å²) < 4.78 is 0. The molecular formula is H3ClNaO3PS. The van der Waals surface area contributed by atoms with E-state index in [2.05, 4.69) is 11.8 Å². The second-order valence-corrected chi connectivity index (χ2v) is 3.01. The van der Waals surface area contributed by atoms with Gasteiger partial charge < -0.3 is 27.1 Å². The van der Waals surface area contributed by atoms with Gasteiger partial charge >= 0.3 is 36.3 Å². The predicted octanol–water partition coefficient (Wildman–Crippen LogP) is -6.80. The first-order valence-electron chi connectivity index (χ1n) is 0.783. The average molecular weight is 173 g/mol. The molecule has 3 nitrogen and oxygen atoms in total. The molecule has 0 saturated carbocycles. The van der Waals surface area contributed by atoms with Crippen molar-refractivity contribution in [2.75, 3.05) is 0 Å². The Kier molecular flexibility index (Phi) is 13.5. The van der Waals surface area contributed by atoms with Gasteiger partial charge in [-0.3, -0.25) is 0 Å². The molecule has 0 fully saturated rings. The molecule has 7 heteroatoms. The van der Waals surface area contributed by atoms with Crippen LogP contribution >= 0.6 is 6.72 Å². The maximum absolute atomic E-state index is 7.56. The molecule has 0 heterocycles. The largest absolute Gasteiger partial charge is 1.00 e. The third-order valence-electron chi connectivity index (χ3n) is 0. The van der Waals surface area contributed by atoms with Crippen molar-refractivity contribution >= 4 is 18.5 Å². The van der Waals surface area contributed by atoms with Crippen molar-refractivity contribution in [2.24, 2.45) is 0 Å². The first kappa shape index (κ1) is 15.9. The molecule has 0 aromatic rings. The van der Waals surface area contributed by atoms with E-state index in [9.17, 15) is 0 Å². The van der Waals surface area contributed by atoms with Crippen molar-refractivity contribution in [3.05, 3.63) is 0 Å². The van der Waals surface area contributed by atoms with E-state index in [-0.39, 0.29) is 42.0 Å². The van der Waals surface area contributed by atoms with Crippen molar-refractivity contribution in [3.63, 3.8) is 0 Å². The zero-order valence-corrected chi connectivity index (χ0v) is 8.04. The van der Waals surface area contributed by atoms with E-state index < -0.39 is 6.72 Å². The minimum Gasteiger partial charge on any atom is -1.00 e. The summed E-state index contributed by atoms with van der Waals surface area (Å²) in [6.45, 7) is -3.81. The normalized spacial score (nSPS) is 8.43. The van der Waals surface area contributed by atoms with Gasteiger partial charge in [0, 0.05) is 0 Å². The molecule has 0 aromatic heterocycles. The van der Waals surface area contributed by atoms with Gasteiger partial charge in [-0.15, -0.1) is 0 Å². The molecule has 0 radical (unpaired) electrons. The topological polar surface area (TPSA) is 60.7 Å². The molecule has 0 atom stereocenters. The molecule has 40 valence electrons. The Morgan fingerprint density at radius 1 is 1.14 bits per heavy atom. The Bertz CT molecular complexity index is 61.1. The van der Waals surface area contributed by atoms with Gasteiger partial charge in [0.2, 0.25) is 0 Å². The van der Waals surface area contributed by atoms with Gasteiger partial charge in [0.05, 0.1) is 0 Å². The zero-order chi connectivity index (χ0) is 4.50. The van der Waals surface area contributed by atoms with Crippen molar-refractivity contribution in [2.45, 2.75) is 0 Å². The smallest absolute Gasteiger partial charge is 1.00 e. The Balaban J connectivity index is -0.0000000800. The van der Waals surface area contributed by atoms with Crippen molar-refractivity contribution < 1.29 is 56.6 Å². The van der Waals surface area contributed by atoms with Crippen LogP contribution in [0.5, 0.6) is 0 Å². The molecule has 0 aliphatic heterocycles. The van der Waals surface area contributed by atoms with E-state index >= 15 is 0 Å². The second kappa shape index (κ2) is 5.95. The van der Waals surface area contributed by atoms with E-state index in [0.717, 1.165) is 0 Å². The van der Waals surface area contributed by atoms with Crippen LogP contribution in [0.15, 0.2) is 0 Å². The number of hydrogen-bond acceptors (Lipinski definition) is 1. The summed E-state index contributed by atoms with van der Waals surface area (Å²) in [5.74, 6) is 0. The maximum Gasteiger partial charge on any atom is 1.00 e. The van der Waals surface area contributed by atoms with Crippen LogP contribution in [0.1, 0.15) is 0 Å². The van der Waals surface area contributed by atoms with E-state index in [1.165, 1.54) is 0 Å². The summed E-state index contributed by atoms with van der Waals surface area (Å²) in [6, 6.07) is 0. The SMILES string of the molecule is OP(O)(O)=S.[Cl-].[Na+]. The Morgan fingerprint density at radius 3 is 1.14 bits per heavy atom. The van der Waals surface area contributed by atoms with Gasteiger partial charge in [0.15, 0.2) is 0 Å². The standard InChI is InChI=1S/ClH.Na.H3O3PS/c;;1-4(2,3)5/h1H;;(H3,1,2,3,5)/q;+1;/p-1. The van der Waals surface area contributed by atoms with Gasteiger partial charge in [-0.1, -0.05) is 0 Å². The summed E-state index contributed by atoms with van der Waals surface area (Å²) >= 11 is 3.60. The summed E-state index contributed by atoms with van der Waals surface area (Å²) in [7, 11) is 0. The molecule has 0 aromatic carbocycles. The van der Waals surface area contributed by atoms with Crippen LogP contribution in [0.3, 0.4) is 0 Å². The van der Waals surface area contributed by atoms with Gasteiger partial charge in [-0.05, 0) is 11.8 Å². The molecular weight excluding hydrogens is 169 g/mol. The van der Waals surface area contributed by atoms with Crippen molar-refractivity contribution in [1.29, 1.82) is 0 Å². The number of hydrogen-bond donors (Lipinski definition) is 3. The second-order valence-electron chi connectivity index (χ2n) is 0.513. The van der Waals surface area contributed by atoms with E-state index in [4.69, 9.17) is 14.7 Å². The van der Waals surface area contributed by atoms with Crippen LogP contribution in [0.25, 0.3) is 0 Å². The fourth-order valence-corrected chi connectivity index (χ4v) is 0. The monoisotopic (exact) mass is 172 g/mol. The van der Waals surface area contributed by atoms with Gasteiger partial charge in [0.1, 0.15) is 0 Å². The third kappa shape index (κ3) is 80.0. The molecule has 0 unspecified atom stereocenters. The molecule has 0 amide bonds. The molecule has 3 N–H and O–H groups in total. The molecule has 0 aliphatic carbocycles. The van der Waals surface area contributed by atoms with Gasteiger partial charge in [0.25, 0.3) is 0 Å². The molecule has 0 aliphatic rings. The van der Waals surface area contributed by atoms with Gasteiger partial charge in [-0.2, -0.15) is 0 Å². The Hall–Kier alpha value is 1.82. The summed E-state index contributed by atoms with van der Waals surface area (Å²) in [5.41, 5.74) is 0. The maximum atomic E-state index is 7.56. The third-order valence-corrected chi connectivity index (χ3v) is 0. The van der Waals surface area contributed by atoms with Crippen LogP contribution in [-0.4, -0.2) is 14.7 Å². The van der Waals surface area contributed by atoms with Crippen molar-refractivity contribution in [1.82, 2.24) is 0 Å². The molecule has 0 bridgehead atoms. The quantitative estimate of drug-likeness (QED) is 0.251. The van der Waals surface area contributed by atoms with Gasteiger partial charge in [-0.25, -0.2) is 0 Å². The number of rotatable bonds is 0. The van der Waals surface area contributed by atoms with Crippen LogP contribution < -0.4 is 42.0 Å². The fraction of sp³-hybridized carbons (Fsp3) is 0. The summed E-state index contributed by atoms with van der Waals surface area (Å²) in [6.07, 6.45) is 0. The van der Waals surface area contributed by atoms with E-state index in [1.807, 2.05) is 0 Å². The average Bonchev–Trinajstić information content (AvgIpc) is 0.722. The molecule has 0 saturated heterocycles. The van der Waals surface area contributed by atoms with Crippen LogP contribution in [-0.2, 0) is 11.8 Å². The summed E-state index contributed by atoms with van der Waals surface area (Å²) in [5, 5.41) is 0. The minimum atomic E-state index is -3.81. The molecule has 0 rings (SSSR count). The Morgan fingerprint density at radius 2 is 1.14 bits per heavy atom. The van der Waals surface area contributed by atoms with Crippen LogP contribution in [0, 0.1) is 0 Å². The first-order chi connectivity index (χ1) is 2.00. The number of halogens is 1. The first-order valence-corrected chi connectivity index (χ1v) is 3.44. The van der Waals surface area contributed by atoms with Crippen LogP contribution in [0.2, 0.25) is 0 Å². The van der Waals surface area contributed by atoms with Crippen molar-refractivity contribution in [3.8, 4) is 0 Å². The predicted molar refractivity (Wildman–Crippen MR) is 20.9 cm³/mol. The Labute approximate surface area is 74.7 Å². The molecule has 0 spiro atoms. The zero-order valence-electron chi connectivity index (χ0n) is 3.58. The van der Waals surface area contributed by atoms with E-state index in [0.29, 0.717) is 0 Å². The summed E-state index contributed by atoms with van der Waals surface area (Å²) in [4.78, 5) is 22.7. The van der Waals surface area contributed by atoms with E-state index in [1.54, 1.807) is 0 Å².